The number of carbonyl (C=O) groups is 1. The number of urea groups is 1. The van der Waals surface area contributed by atoms with Crippen LogP contribution in [0.2, 0.25) is 0 Å². The standard InChI is InChI=1S/C15H28N2O3/c1-4-12(13-7-6-9-19-13)16-14(18)17-8-10-20-15(3,5-2)11-17/h12-13H,4-11H2,1-3H3,(H,16,18)/t12-,13+,15-/m0/s1. The van der Waals surface area contributed by atoms with Crippen LogP contribution in [0.15, 0.2) is 0 Å². The monoisotopic (exact) mass is 284 g/mol. The molecule has 2 aliphatic rings. The van der Waals surface area contributed by atoms with Gasteiger partial charge in [-0.3, -0.25) is 0 Å². The molecule has 116 valence electrons. The zero-order valence-electron chi connectivity index (χ0n) is 13.0. The molecule has 1 N–H and O–H groups in total. The maximum atomic E-state index is 12.4. The van der Waals surface area contributed by atoms with Crippen LogP contribution < -0.4 is 5.32 Å². The Morgan fingerprint density at radius 1 is 1.45 bits per heavy atom. The van der Waals surface area contributed by atoms with Crippen molar-refractivity contribution in [3.8, 4) is 0 Å². The van der Waals surface area contributed by atoms with Gasteiger partial charge in [-0.25, -0.2) is 4.79 Å². The van der Waals surface area contributed by atoms with Gasteiger partial charge >= 0.3 is 6.03 Å². The van der Waals surface area contributed by atoms with Gasteiger partial charge in [0.2, 0.25) is 0 Å². The van der Waals surface area contributed by atoms with Crippen LogP contribution in [0.5, 0.6) is 0 Å². The molecule has 2 aliphatic heterocycles. The Morgan fingerprint density at radius 3 is 2.85 bits per heavy atom. The van der Waals surface area contributed by atoms with Crippen LogP contribution in [-0.4, -0.2) is 55.0 Å². The summed E-state index contributed by atoms with van der Waals surface area (Å²) < 4.78 is 11.5. The fourth-order valence-corrected chi connectivity index (χ4v) is 2.95. The number of amides is 2. The van der Waals surface area contributed by atoms with Crippen molar-refractivity contribution in [2.75, 3.05) is 26.3 Å². The van der Waals surface area contributed by atoms with Crippen molar-refractivity contribution in [1.29, 1.82) is 0 Å². The van der Waals surface area contributed by atoms with Crippen LogP contribution in [0.4, 0.5) is 4.79 Å². The van der Waals surface area contributed by atoms with E-state index in [1.165, 1.54) is 0 Å². The molecule has 2 amide bonds. The molecule has 0 aromatic heterocycles. The number of nitrogens with one attached hydrogen (secondary N) is 1. The van der Waals surface area contributed by atoms with E-state index >= 15 is 0 Å². The molecule has 0 spiro atoms. The minimum absolute atomic E-state index is 0.0234. The number of morpholine rings is 1. The van der Waals surface area contributed by atoms with Crippen molar-refractivity contribution in [2.45, 2.75) is 64.2 Å². The first-order chi connectivity index (χ1) is 9.58. The molecule has 0 bridgehead atoms. The number of rotatable bonds is 4. The third kappa shape index (κ3) is 3.64. The first-order valence-electron chi connectivity index (χ1n) is 7.89. The molecule has 0 saturated carbocycles. The third-order valence-corrected chi connectivity index (χ3v) is 4.53. The lowest BCUT2D eigenvalue weighted by atomic mass is 10.0. The van der Waals surface area contributed by atoms with E-state index in [1.54, 1.807) is 0 Å². The number of hydrogen-bond acceptors (Lipinski definition) is 3. The predicted molar refractivity (Wildman–Crippen MR) is 77.8 cm³/mol. The van der Waals surface area contributed by atoms with Crippen LogP contribution >= 0.6 is 0 Å². The topological polar surface area (TPSA) is 50.8 Å². The fraction of sp³-hybridized carbons (Fsp3) is 0.933. The van der Waals surface area contributed by atoms with Crippen molar-refractivity contribution in [1.82, 2.24) is 10.2 Å². The van der Waals surface area contributed by atoms with Crippen molar-refractivity contribution >= 4 is 6.03 Å². The van der Waals surface area contributed by atoms with Crippen molar-refractivity contribution < 1.29 is 14.3 Å². The molecule has 5 nitrogen and oxygen atoms in total. The summed E-state index contributed by atoms with van der Waals surface area (Å²) in [4.78, 5) is 14.3. The van der Waals surface area contributed by atoms with E-state index in [-0.39, 0.29) is 23.8 Å². The summed E-state index contributed by atoms with van der Waals surface area (Å²) in [5.74, 6) is 0. The largest absolute Gasteiger partial charge is 0.376 e. The Bertz CT molecular complexity index is 331. The smallest absolute Gasteiger partial charge is 0.317 e. The van der Waals surface area contributed by atoms with E-state index in [1.807, 2.05) is 4.90 Å². The molecule has 0 radical (unpaired) electrons. The molecule has 0 aromatic carbocycles. The van der Waals surface area contributed by atoms with E-state index in [0.717, 1.165) is 32.3 Å². The average Bonchev–Trinajstić information content (AvgIpc) is 2.98. The lowest BCUT2D eigenvalue weighted by Gasteiger charge is -2.40. The van der Waals surface area contributed by atoms with Gasteiger partial charge < -0.3 is 19.7 Å². The van der Waals surface area contributed by atoms with Gasteiger partial charge in [0.1, 0.15) is 0 Å². The highest BCUT2D eigenvalue weighted by Crippen LogP contribution is 2.22. The summed E-state index contributed by atoms with van der Waals surface area (Å²) in [5, 5.41) is 3.15. The molecule has 5 heteroatoms. The molecule has 2 heterocycles. The zero-order chi connectivity index (χ0) is 14.6. The highest BCUT2D eigenvalue weighted by Gasteiger charge is 2.34. The van der Waals surface area contributed by atoms with Gasteiger partial charge in [0.05, 0.1) is 30.9 Å². The second-order valence-corrected chi connectivity index (χ2v) is 6.09. The third-order valence-electron chi connectivity index (χ3n) is 4.53. The van der Waals surface area contributed by atoms with Crippen LogP contribution in [-0.2, 0) is 9.47 Å². The highest BCUT2D eigenvalue weighted by molar-refractivity contribution is 5.74. The summed E-state index contributed by atoms with van der Waals surface area (Å²) >= 11 is 0. The molecule has 2 fully saturated rings. The van der Waals surface area contributed by atoms with E-state index < -0.39 is 0 Å². The summed E-state index contributed by atoms with van der Waals surface area (Å²) in [6.45, 7) is 9.05. The molecule has 20 heavy (non-hydrogen) atoms. The highest BCUT2D eigenvalue weighted by atomic mass is 16.5. The van der Waals surface area contributed by atoms with Crippen LogP contribution in [0, 0.1) is 0 Å². The molecule has 3 atom stereocenters. The fourth-order valence-electron chi connectivity index (χ4n) is 2.95. The number of carbonyl (C=O) groups excluding carboxylic acids is 1. The summed E-state index contributed by atoms with van der Waals surface area (Å²) in [5.41, 5.74) is -0.207. The predicted octanol–water partition coefficient (Wildman–Crippen LogP) is 2.15. The van der Waals surface area contributed by atoms with Gasteiger partial charge in [0, 0.05) is 13.2 Å². The molecule has 0 aliphatic carbocycles. The van der Waals surface area contributed by atoms with E-state index in [0.29, 0.717) is 19.7 Å². The minimum Gasteiger partial charge on any atom is -0.376 e. The van der Waals surface area contributed by atoms with Gasteiger partial charge in [-0.2, -0.15) is 0 Å². The Morgan fingerprint density at radius 2 is 2.25 bits per heavy atom. The number of ether oxygens (including phenoxy) is 2. The van der Waals surface area contributed by atoms with Gasteiger partial charge in [-0.1, -0.05) is 13.8 Å². The molecule has 2 rings (SSSR count). The first-order valence-corrected chi connectivity index (χ1v) is 7.89. The number of hydrogen-bond donors (Lipinski definition) is 1. The molecule has 0 unspecified atom stereocenters. The van der Waals surface area contributed by atoms with Crippen molar-refractivity contribution in [2.24, 2.45) is 0 Å². The molecule has 2 saturated heterocycles. The quantitative estimate of drug-likeness (QED) is 0.860. The van der Waals surface area contributed by atoms with Crippen LogP contribution in [0.25, 0.3) is 0 Å². The van der Waals surface area contributed by atoms with E-state index in [4.69, 9.17) is 9.47 Å². The maximum absolute atomic E-state index is 12.4. The number of nitrogens with zero attached hydrogens (tertiary/aromatic N) is 1. The van der Waals surface area contributed by atoms with Gasteiger partial charge in [0.25, 0.3) is 0 Å². The second kappa shape index (κ2) is 6.76. The van der Waals surface area contributed by atoms with Gasteiger partial charge in [-0.15, -0.1) is 0 Å². The summed E-state index contributed by atoms with van der Waals surface area (Å²) in [6.07, 6.45) is 4.16. The zero-order valence-corrected chi connectivity index (χ0v) is 13.0. The van der Waals surface area contributed by atoms with Gasteiger partial charge in [0.15, 0.2) is 0 Å². The lowest BCUT2D eigenvalue weighted by molar-refractivity contribution is -0.0877. The minimum atomic E-state index is -0.207. The van der Waals surface area contributed by atoms with Crippen molar-refractivity contribution in [3.63, 3.8) is 0 Å². The van der Waals surface area contributed by atoms with Crippen LogP contribution in [0.3, 0.4) is 0 Å². The SMILES string of the molecule is CC[C@H](NC(=O)N1CCO[C@@](C)(CC)C1)[C@H]1CCCO1. The van der Waals surface area contributed by atoms with E-state index in [9.17, 15) is 4.79 Å². The Kier molecular flexibility index (Phi) is 5.27. The Balaban J connectivity index is 1.89. The maximum Gasteiger partial charge on any atom is 0.317 e. The van der Waals surface area contributed by atoms with Crippen molar-refractivity contribution in [3.05, 3.63) is 0 Å². The lowest BCUT2D eigenvalue weighted by Crippen LogP contribution is -2.57. The van der Waals surface area contributed by atoms with Crippen LogP contribution in [0.1, 0.15) is 46.5 Å². The average molecular weight is 284 g/mol. The summed E-state index contributed by atoms with van der Waals surface area (Å²) in [7, 11) is 0. The Labute approximate surface area is 122 Å². The summed E-state index contributed by atoms with van der Waals surface area (Å²) in [6, 6.07) is 0.149. The second-order valence-electron chi connectivity index (χ2n) is 6.09. The molecule has 0 aromatic rings. The Hall–Kier alpha value is -0.810. The first kappa shape index (κ1) is 15.6. The molecular formula is C15H28N2O3. The molecular weight excluding hydrogens is 256 g/mol. The normalized spacial score (nSPS) is 32.1. The van der Waals surface area contributed by atoms with Gasteiger partial charge in [-0.05, 0) is 32.6 Å². The van der Waals surface area contributed by atoms with E-state index in [2.05, 4.69) is 26.1 Å².